The third-order valence-corrected chi connectivity index (χ3v) is 3.76. The summed E-state index contributed by atoms with van der Waals surface area (Å²) in [6.07, 6.45) is 0.263. The molecule has 0 bridgehead atoms. The van der Waals surface area contributed by atoms with Gasteiger partial charge in [-0.3, -0.25) is 4.68 Å². The first-order valence-corrected chi connectivity index (χ1v) is 6.64. The van der Waals surface area contributed by atoms with E-state index in [9.17, 15) is 0 Å². The molecule has 1 aromatic rings. The monoisotopic (exact) mass is 272 g/mol. The number of morpholine rings is 1. The molecule has 2 rings (SSSR count). The lowest BCUT2D eigenvalue weighted by Gasteiger charge is -2.30. The Balaban J connectivity index is 1.81. The average molecular weight is 273 g/mol. The maximum atomic E-state index is 6.18. The lowest BCUT2D eigenvalue weighted by Crippen LogP contribution is -2.44. The second-order valence-electron chi connectivity index (χ2n) is 4.86. The molecule has 0 aromatic carbocycles. The number of halogens is 1. The first kappa shape index (κ1) is 13.8. The summed E-state index contributed by atoms with van der Waals surface area (Å²) in [5, 5.41) is 8.40. The number of nitrogens with one attached hydrogen (secondary N) is 1. The fourth-order valence-electron chi connectivity index (χ4n) is 2.22. The zero-order valence-electron chi connectivity index (χ0n) is 11.2. The molecule has 1 aliphatic rings. The number of likely N-dealkylation sites (N-methyl/N-ethyl adjacent to an activating group) is 1. The Morgan fingerprint density at radius 2 is 2.28 bits per heavy atom. The summed E-state index contributed by atoms with van der Waals surface area (Å²) in [6.45, 7) is 6.37. The maximum absolute atomic E-state index is 6.18. The van der Waals surface area contributed by atoms with Gasteiger partial charge in [0, 0.05) is 38.8 Å². The second kappa shape index (κ2) is 6.02. The molecule has 102 valence electrons. The van der Waals surface area contributed by atoms with E-state index in [4.69, 9.17) is 16.3 Å². The van der Waals surface area contributed by atoms with Gasteiger partial charge in [0.2, 0.25) is 0 Å². The largest absolute Gasteiger partial charge is 0.374 e. The molecule has 0 saturated carbocycles. The summed E-state index contributed by atoms with van der Waals surface area (Å²) in [5.41, 5.74) is 2.06. The van der Waals surface area contributed by atoms with E-state index in [1.54, 1.807) is 4.68 Å². The highest BCUT2D eigenvalue weighted by Gasteiger charge is 2.17. The molecule has 0 unspecified atom stereocenters. The number of aryl methyl sites for hydroxylation is 2. The lowest BCUT2D eigenvalue weighted by atomic mass is 10.2. The van der Waals surface area contributed by atoms with Gasteiger partial charge in [-0.25, -0.2) is 0 Å². The minimum absolute atomic E-state index is 0.263. The summed E-state index contributed by atoms with van der Waals surface area (Å²) in [6, 6.07) is 0. The number of rotatable bonds is 4. The molecule has 1 saturated heterocycles. The van der Waals surface area contributed by atoms with E-state index in [-0.39, 0.29) is 6.10 Å². The molecule has 18 heavy (non-hydrogen) atoms. The predicted octanol–water partition coefficient (Wildman–Crippen LogP) is 0.802. The van der Waals surface area contributed by atoms with Gasteiger partial charge in [0.15, 0.2) is 0 Å². The van der Waals surface area contributed by atoms with Crippen LogP contribution in [0.15, 0.2) is 0 Å². The number of hydrogen-bond acceptors (Lipinski definition) is 4. The molecule has 6 heteroatoms. The van der Waals surface area contributed by atoms with Gasteiger partial charge in [-0.05, 0) is 14.0 Å². The van der Waals surface area contributed by atoms with E-state index in [1.807, 2.05) is 14.0 Å². The van der Waals surface area contributed by atoms with Crippen molar-refractivity contribution in [1.82, 2.24) is 20.0 Å². The van der Waals surface area contributed by atoms with Crippen molar-refractivity contribution in [3.63, 3.8) is 0 Å². The third-order valence-electron chi connectivity index (χ3n) is 3.29. The second-order valence-corrected chi connectivity index (χ2v) is 5.22. The molecule has 0 spiro atoms. The van der Waals surface area contributed by atoms with Crippen molar-refractivity contribution in [1.29, 1.82) is 0 Å². The fraction of sp³-hybridized carbons (Fsp3) is 0.750. The highest BCUT2D eigenvalue weighted by molar-refractivity contribution is 6.30. The van der Waals surface area contributed by atoms with Crippen LogP contribution in [0.25, 0.3) is 0 Å². The van der Waals surface area contributed by atoms with Crippen molar-refractivity contribution in [2.75, 3.05) is 33.3 Å². The molecular formula is C12H21ClN4O. The van der Waals surface area contributed by atoms with Crippen LogP contribution in [0.5, 0.6) is 0 Å². The Bertz CT molecular complexity index is 407. The molecule has 1 fully saturated rings. The minimum atomic E-state index is 0.263. The van der Waals surface area contributed by atoms with E-state index in [0.29, 0.717) is 5.15 Å². The van der Waals surface area contributed by atoms with Crippen molar-refractivity contribution in [3.8, 4) is 0 Å². The molecule has 2 heterocycles. The SMILES string of the molecule is Cc1nn(C)c(Cl)c1CNC[C@H]1CN(C)CCO1. The number of ether oxygens (including phenoxy) is 1. The fourth-order valence-corrected chi connectivity index (χ4v) is 2.46. The topological polar surface area (TPSA) is 42.3 Å². The summed E-state index contributed by atoms with van der Waals surface area (Å²) in [4.78, 5) is 2.29. The number of hydrogen-bond donors (Lipinski definition) is 1. The Morgan fingerprint density at radius 3 is 2.89 bits per heavy atom. The maximum Gasteiger partial charge on any atom is 0.131 e. The highest BCUT2D eigenvalue weighted by atomic mass is 35.5. The Labute approximate surface area is 113 Å². The van der Waals surface area contributed by atoms with E-state index in [0.717, 1.165) is 44.0 Å². The van der Waals surface area contributed by atoms with Gasteiger partial charge in [0.05, 0.1) is 18.4 Å². The van der Waals surface area contributed by atoms with Crippen molar-refractivity contribution in [2.45, 2.75) is 19.6 Å². The molecule has 1 atom stereocenters. The first-order valence-electron chi connectivity index (χ1n) is 6.26. The third kappa shape index (κ3) is 3.23. The Kier molecular flexibility index (Phi) is 4.61. The van der Waals surface area contributed by atoms with E-state index < -0.39 is 0 Å². The lowest BCUT2D eigenvalue weighted by molar-refractivity contribution is -0.0182. The van der Waals surface area contributed by atoms with Crippen LogP contribution < -0.4 is 5.32 Å². The zero-order chi connectivity index (χ0) is 13.1. The normalized spacial score (nSPS) is 21.4. The summed E-state index contributed by atoms with van der Waals surface area (Å²) >= 11 is 6.18. The Hall–Kier alpha value is -0.620. The van der Waals surface area contributed by atoms with Gasteiger partial charge in [-0.15, -0.1) is 0 Å². The van der Waals surface area contributed by atoms with Crippen LogP contribution in [0.3, 0.4) is 0 Å². The van der Waals surface area contributed by atoms with Crippen molar-refractivity contribution >= 4 is 11.6 Å². The van der Waals surface area contributed by atoms with Gasteiger partial charge in [-0.2, -0.15) is 5.10 Å². The van der Waals surface area contributed by atoms with E-state index in [2.05, 4.69) is 22.4 Å². The average Bonchev–Trinajstić information content (AvgIpc) is 2.56. The van der Waals surface area contributed by atoms with Gasteiger partial charge in [0.25, 0.3) is 0 Å². The quantitative estimate of drug-likeness (QED) is 0.881. The smallest absolute Gasteiger partial charge is 0.131 e. The molecular weight excluding hydrogens is 252 g/mol. The summed E-state index contributed by atoms with van der Waals surface area (Å²) in [7, 11) is 3.98. The summed E-state index contributed by atoms with van der Waals surface area (Å²) in [5.74, 6) is 0. The van der Waals surface area contributed by atoms with Crippen LogP contribution in [0.4, 0.5) is 0 Å². The van der Waals surface area contributed by atoms with Crippen LogP contribution >= 0.6 is 11.6 Å². The van der Waals surface area contributed by atoms with Gasteiger partial charge in [-0.1, -0.05) is 11.6 Å². The first-order chi connectivity index (χ1) is 8.58. The molecule has 1 aromatic heterocycles. The molecule has 0 radical (unpaired) electrons. The van der Waals surface area contributed by atoms with E-state index in [1.165, 1.54) is 0 Å². The van der Waals surface area contributed by atoms with Crippen molar-refractivity contribution in [2.24, 2.45) is 7.05 Å². The van der Waals surface area contributed by atoms with Gasteiger partial charge >= 0.3 is 0 Å². The van der Waals surface area contributed by atoms with Crippen LogP contribution in [-0.4, -0.2) is 54.1 Å². The zero-order valence-corrected chi connectivity index (χ0v) is 12.0. The predicted molar refractivity (Wildman–Crippen MR) is 71.9 cm³/mol. The Morgan fingerprint density at radius 1 is 1.50 bits per heavy atom. The molecule has 0 amide bonds. The molecule has 1 aliphatic heterocycles. The highest BCUT2D eigenvalue weighted by Crippen LogP contribution is 2.18. The minimum Gasteiger partial charge on any atom is -0.374 e. The van der Waals surface area contributed by atoms with Gasteiger partial charge < -0.3 is 15.0 Å². The molecule has 5 nitrogen and oxygen atoms in total. The molecule has 0 aliphatic carbocycles. The van der Waals surface area contributed by atoms with E-state index >= 15 is 0 Å². The van der Waals surface area contributed by atoms with Gasteiger partial charge in [0.1, 0.15) is 5.15 Å². The van der Waals surface area contributed by atoms with Crippen LogP contribution in [0.1, 0.15) is 11.3 Å². The van der Waals surface area contributed by atoms with Crippen molar-refractivity contribution < 1.29 is 4.74 Å². The van der Waals surface area contributed by atoms with Crippen LogP contribution in [-0.2, 0) is 18.3 Å². The van der Waals surface area contributed by atoms with Crippen LogP contribution in [0, 0.1) is 6.92 Å². The number of nitrogens with zero attached hydrogens (tertiary/aromatic N) is 3. The molecule has 1 N–H and O–H groups in total. The van der Waals surface area contributed by atoms with Crippen LogP contribution in [0.2, 0.25) is 5.15 Å². The summed E-state index contributed by atoms with van der Waals surface area (Å²) < 4.78 is 7.40. The number of aromatic nitrogens is 2. The van der Waals surface area contributed by atoms with Crippen molar-refractivity contribution in [3.05, 3.63) is 16.4 Å². The standard InChI is InChI=1S/C12H21ClN4O/c1-9-11(12(13)17(3)15-9)7-14-6-10-8-16(2)4-5-18-10/h10,14H,4-8H2,1-3H3/t10-/m0/s1.